The van der Waals surface area contributed by atoms with Gasteiger partial charge >= 0.3 is 0 Å². The topological polar surface area (TPSA) is 64.7 Å². The summed E-state index contributed by atoms with van der Waals surface area (Å²) in [4.78, 5) is 11.6. The molecule has 0 unspecified atom stereocenters. The average molecular weight is 241 g/mol. The highest BCUT2D eigenvalue weighted by Crippen LogP contribution is 2.35. The lowest BCUT2D eigenvalue weighted by Gasteiger charge is -2.06. The number of nitrogens with two attached hydrogens (primary N) is 1. The first kappa shape index (κ1) is 10.1. The number of anilines is 1. The lowest BCUT2D eigenvalue weighted by atomic mass is 10.2. The molecule has 1 aromatic heterocycles. The fourth-order valence-electron chi connectivity index (χ4n) is 1.14. The van der Waals surface area contributed by atoms with E-state index in [1.807, 2.05) is 0 Å². The summed E-state index contributed by atoms with van der Waals surface area (Å²) in [6.07, 6.45) is 2.75. The molecule has 6 heteroatoms. The standard InChI is InChI=1S/C9H6Cl2N4/c10-5-1-2-6(12)8(11)7(5)9-14-3-13-4-15-9/h1-4H,12H2. The number of benzene rings is 1. The zero-order valence-corrected chi connectivity index (χ0v) is 9.00. The number of halogens is 2. The molecular formula is C9H6Cl2N4. The lowest BCUT2D eigenvalue weighted by Crippen LogP contribution is -1.94. The summed E-state index contributed by atoms with van der Waals surface area (Å²) in [5.74, 6) is 0.410. The minimum absolute atomic E-state index is 0.355. The van der Waals surface area contributed by atoms with E-state index in [1.54, 1.807) is 12.1 Å². The lowest BCUT2D eigenvalue weighted by molar-refractivity contribution is 1.06. The number of aromatic nitrogens is 3. The van der Waals surface area contributed by atoms with E-state index in [-0.39, 0.29) is 0 Å². The van der Waals surface area contributed by atoms with Crippen LogP contribution in [0.3, 0.4) is 0 Å². The van der Waals surface area contributed by atoms with E-state index in [9.17, 15) is 0 Å². The Morgan fingerprint density at radius 2 is 1.73 bits per heavy atom. The molecule has 0 saturated heterocycles. The molecule has 0 bridgehead atoms. The van der Waals surface area contributed by atoms with Gasteiger partial charge in [-0.15, -0.1) is 0 Å². The molecule has 0 atom stereocenters. The molecule has 0 amide bonds. The van der Waals surface area contributed by atoms with Gasteiger partial charge in [0.2, 0.25) is 0 Å². The van der Waals surface area contributed by atoms with E-state index in [1.165, 1.54) is 12.7 Å². The monoisotopic (exact) mass is 240 g/mol. The molecule has 0 radical (unpaired) electrons. The van der Waals surface area contributed by atoms with Crippen LogP contribution in [-0.2, 0) is 0 Å². The van der Waals surface area contributed by atoms with Crippen molar-refractivity contribution in [3.63, 3.8) is 0 Å². The van der Waals surface area contributed by atoms with Crippen molar-refractivity contribution in [3.05, 3.63) is 34.8 Å². The number of rotatable bonds is 1. The van der Waals surface area contributed by atoms with Gasteiger partial charge in [-0.3, -0.25) is 0 Å². The third kappa shape index (κ3) is 1.86. The van der Waals surface area contributed by atoms with Crippen LogP contribution in [0.25, 0.3) is 11.4 Å². The molecule has 1 aromatic carbocycles. The van der Waals surface area contributed by atoms with Crippen molar-refractivity contribution in [2.75, 3.05) is 5.73 Å². The second kappa shape index (κ2) is 4.00. The van der Waals surface area contributed by atoms with Gasteiger partial charge in [0, 0.05) is 0 Å². The average Bonchev–Trinajstić information content (AvgIpc) is 2.26. The van der Waals surface area contributed by atoms with Crippen LogP contribution in [0.1, 0.15) is 0 Å². The van der Waals surface area contributed by atoms with Gasteiger partial charge in [0.15, 0.2) is 5.82 Å². The van der Waals surface area contributed by atoms with Gasteiger partial charge in [-0.1, -0.05) is 23.2 Å². The summed E-state index contributed by atoms with van der Waals surface area (Å²) < 4.78 is 0. The van der Waals surface area contributed by atoms with Crippen LogP contribution in [0.4, 0.5) is 5.69 Å². The molecule has 0 aliphatic heterocycles. The molecular weight excluding hydrogens is 235 g/mol. The quantitative estimate of drug-likeness (QED) is 0.778. The van der Waals surface area contributed by atoms with Gasteiger partial charge < -0.3 is 5.73 Å². The highest BCUT2D eigenvalue weighted by Gasteiger charge is 2.13. The molecule has 0 aliphatic rings. The molecule has 15 heavy (non-hydrogen) atoms. The Bertz CT molecular complexity index is 487. The largest absolute Gasteiger partial charge is 0.398 e. The van der Waals surface area contributed by atoms with Crippen molar-refractivity contribution >= 4 is 28.9 Å². The molecule has 0 spiro atoms. The highest BCUT2D eigenvalue weighted by atomic mass is 35.5. The van der Waals surface area contributed by atoms with Gasteiger partial charge in [-0.25, -0.2) is 15.0 Å². The van der Waals surface area contributed by atoms with Crippen LogP contribution < -0.4 is 5.73 Å². The Labute approximate surface area is 96.1 Å². The van der Waals surface area contributed by atoms with Crippen LogP contribution in [0, 0.1) is 0 Å². The molecule has 76 valence electrons. The third-order valence-corrected chi connectivity index (χ3v) is 2.56. The van der Waals surface area contributed by atoms with E-state index in [4.69, 9.17) is 28.9 Å². The van der Waals surface area contributed by atoms with E-state index in [0.29, 0.717) is 27.1 Å². The summed E-state index contributed by atoms with van der Waals surface area (Å²) in [5, 5.41) is 0.814. The Hall–Kier alpha value is -1.39. The Morgan fingerprint density at radius 3 is 2.40 bits per heavy atom. The summed E-state index contributed by atoms with van der Waals surface area (Å²) >= 11 is 12.0. The van der Waals surface area contributed by atoms with Crippen molar-refractivity contribution in [1.29, 1.82) is 0 Å². The smallest absolute Gasteiger partial charge is 0.165 e. The second-order valence-electron chi connectivity index (χ2n) is 2.79. The predicted molar refractivity (Wildman–Crippen MR) is 59.7 cm³/mol. The molecule has 2 N–H and O–H groups in total. The first-order valence-corrected chi connectivity index (χ1v) is 4.81. The van der Waals surface area contributed by atoms with E-state index < -0.39 is 0 Å². The van der Waals surface area contributed by atoms with Crippen LogP contribution in [0.2, 0.25) is 10.0 Å². The molecule has 1 heterocycles. The van der Waals surface area contributed by atoms with Crippen molar-refractivity contribution in [2.45, 2.75) is 0 Å². The molecule has 0 aliphatic carbocycles. The van der Waals surface area contributed by atoms with Crippen molar-refractivity contribution in [1.82, 2.24) is 15.0 Å². The fraction of sp³-hybridized carbons (Fsp3) is 0. The maximum absolute atomic E-state index is 6.02. The minimum atomic E-state index is 0.355. The van der Waals surface area contributed by atoms with E-state index in [0.717, 1.165) is 0 Å². The van der Waals surface area contributed by atoms with Crippen molar-refractivity contribution in [2.24, 2.45) is 0 Å². The Morgan fingerprint density at radius 1 is 1.07 bits per heavy atom. The summed E-state index contributed by atoms with van der Waals surface area (Å²) in [5.41, 5.74) is 6.63. The number of hydrogen-bond acceptors (Lipinski definition) is 4. The second-order valence-corrected chi connectivity index (χ2v) is 3.57. The van der Waals surface area contributed by atoms with Crippen molar-refractivity contribution < 1.29 is 0 Å². The number of hydrogen-bond donors (Lipinski definition) is 1. The predicted octanol–water partition coefficient (Wildman–Crippen LogP) is 2.43. The molecule has 0 saturated carbocycles. The molecule has 2 aromatic rings. The Kier molecular flexibility index (Phi) is 2.70. The zero-order valence-electron chi connectivity index (χ0n) is 7.48. The maximum Gasteiger partial charge on any atom is 0.165 e. The minimum Gasteiger partial charge on any atom is -0.398 e. The fourth-order valence-corrected chi connectivity index (χ4v) is 1.68. The van der Waals surface area contributed by atoms with Crippen LogP contribution in [0.5, 0.6) is 0 Å². The summed E-state index contributed by atoms with van der Waals surface area (Å²) in [6, 6.07) is 3.29. The van der Waals surface area contributed by atoms with E-state index in [2.05, 4.69) is 15.0 Å². The van der Waals surface area contributed by atoms with Gasteiger partial charge in [-0.05, 0) is 12.1 Å². The van der Waals surface area contributed by atoms with Gasteiger partial charge in [-0.2, -0.15) is 0 Å². The van der Waals surface area contributed by atoms with Crippen LogP contribution in [0.15, 0.2) is 24.8 Å². The highest BCUT2D eigenvalue weighted by molar-refractivity contribution is 6.40. The number of nitrogens with zero attached hydrogens (tertiary/aromatic N) is 3. The molecule has 2 rings (SSSR count). The van der Waals surface area contributed by atoms with Crippen LogP contribution in [-0.4, -0.2) is 15.0 Å². The van der Waals surface area contributed by atoms with Gasteiger partial charge in [0.25, 0.3) is 0 Å². The molecule has 0 fully saturated rings. The van der Waals surface area contributed by atoms with Gasteiger partial charge in [0.1, 0.15) is 12.7 Å². The maximum atomic E-state index is 6.02. The summed E-state index contributed by atoms with van der Waals surface area (Å²) in [7, 11) is 0. The normalized spacial score (nSPS) is 10.3. The first-order chi connectivity index (χ1) is 7.20. The number of nitrogen functional groups attached to an aromatic ring is 1. The first-order valence-electron chi connectivity index (χ1n) is 4.06. The Balaban J connectivity index is 2.68. The van der Waals surface area contributed by atoms with Crippen LogP contribution >= 0.6 is 23.2 Å². The summed E-state index contributed by atoms with van der Waals surface area (Å²) in [6.45, 7) is 0. The zero-order chi connectivity index (χ0) is 10.8. The third-order valence-electron chi connectivity index (χ3n) is 1.84. The van der Waals surface area contributed by atoms with E-state index >= 15 is 0 Å². The van der Waals surface area contributed by atoms with Crippen molar-refractivity contribution in [3.8, 4) is 11.4 Å². The van der Waals surface area contributed by atoms with Gasteiger partial charge in [0.05, 0.1) is 21.3 Å². The SMILES string of the molecule is Nc1ccc(Cl)c(-c2ncncn2)c1Cl. The molecule has 4 nitrogen and oxygen atoms in total.